The predicted molar refractivity (Wildman–Crippen MR) is 127 cm³/mol. The predicted octanol–water partition coefficient (Wildman–Crippen LogP) is 5.20. The minimum absolute atomic E-state index is 0.178. The first-order valence-corrected chi connectivity index (χ1v) is 12.2. The molecule has 0 spiro atoms. The van der Waals surface area contributed by atoms with Crippen molar-refractivity contribution in [3.8, 4) is 11.5 Å². The Kier molecular flexibility index (Phi) is 6.67. The van der Waals surface area contributed by atoms with Crippen LogP contribution in [0.3, 0.4) is 0 Å². The summed E-state index contributed by atoms with van der Waals surface area (Å²) < 4.78 is 39.6. The van der Waals surface area contributed by atoms with Gasteiger partial charge in [-0.3, -0.25) is 4.72 Å². The molecule has 3 aromatic carbocycles. The Morgan fingerprint density at radius 3 is 2.38 bits per heavy atom. The number of para-hydroxylation sites is 1. The molecule has 1 saturated heterocycles. The highest BCUT2D eigenvalue weighted by Gasteiger charge is 2.20. The molecule has 0 saturated carbocycles. The largest absolute Gasteiger partial charge is 0.457 e. The quantitative estimate of drug-likeness (QED) is 0.533. The molecule has 0 amide bonds. The van der Waals surface area contributed by atoms with E-state index in [0.29, 0.717) is 11.4 Å². The zero-order chi connectivity index (χ0) is 22.6. The summed E-state index contributed by atoms with van der Waals surface area (Å²) in [6.45, 7) is 3.78. The third-order valence-corrected chi connectivity index (χ3v) is 7.05. The van der Waals surface area contributed by atoms with E-state index in [9.17, 15) is 8.42 Å². The van der Waals surface area contributed by atoms with Crippen LogP contribution in [0.25, 0.3) is 0 Å². The van der Waals surface area contributed by atoms with Crippen LogP contribution in [0.5, 0.6) is 11.5 Å². The molecule has 4 rings (SSSR count). The highest BCUT2D eigenvalue weighted by atomic mass is 32.2. The first kappa shape index (κ1) is 22.2. The van der Waals surface area contributed by atoms with Crippen molar-refractivity contribution in [2.24, 2.45) is 0 Å². The number of nitrogens with zero attached hydrogens (tertiary/aromatic N) is 1. The van der Waals surface area contributed by atoms with Gasteiger partial charge >= 0.3 is 0 Å². The summed E-state index contributed by atoms with van der Waals surface area (Å²) in [6, 6.07) is 21.6. The van der Waals surface area contributed by atoms with Gasteiger partial charge in [0.05, 0.1) is 11.0 Å². The molecule has 3 aromatic rings. The number of methoxy groups -OCH3 is 1. The van der Waals surface area contributed by atoms with Crippen molar-refractivity contribution in [1.29, 1.82) is 0 Å². The Hall–Kier alpha value is -3.03. The number of benzene rings is 3. The molecule has 6 nitrogen and oxygen atoms in total. The number of rotatable bonds is 7. The second-order valence-corrected chi connectivity index (χ2v) is 9.62. The fraction of sp³-hybridized carbons (Fsp3) is 0.280. The third kappa shape index (κ3) is 5.23. The Bertz CT molecular complexity index is 1150. The van der Waals surface area contributed by atoms with Crippen LogP contribution < -0.4 is 14.4 Å². The van der Waals surface area contributed by atoms with Crippen LogP contribution in [-0.2, 0) is 14.8 Å². The van der Waals surface area contributed by atoms with Gasteiger partial charge in [0.1, 0.15) is 11.5 Å². The molecule has 0 aliphatic carbocycles. The lowest BCUT2D eigenvalue weighted by Crippen LogP contribution is -2.39. The first-order valence-electron chi connectivity index (χ1n) is 10.7. The van der Waals surface area contributed by atoms with Crippen LogP contribution in [0.4, 0.5) is 11.4 Å². The average Bonchev–Trinajstić information content (AvgIpc) is 2.81. The highest BCUT2D eigenvalue weighted by Crippen LogP contribution is 2.27. The van der Waals surface area contributed by atoms with Crippen molar-refractivity contribution in [2.75, 3.05) is 29.8 Å². The molecule has 0 radical (unpaired) electrons. The topological polar surface area (TPSA) is 67.9 Å². The van der Waals surface area contributed by atoms with E-state index in [1.54, 1.807) is 43.5 Å². The first-order chi connectivity index (χ1) is 15.4. The number of nitrogens with one attached hydrogen (secondary N) is 1. The van der Waals surface area contributed by atoms with Gasteiger partial charge in [0.15, 0.2) is 0 Å². The summed E-state index contributed by atoms with van der Waals surface area (Å²) in [5.41, 5.74) is 2.60. The molecule has 32 heavy (non-hydrogen) atoms. The lowest BCUT2D eigenvalue weighted by molar-refractivity contribution is 0.0893. The molecule has 1 aliphatic rings. The molecule has 7 heteroatoms. The van der Waals surface area contributed by atoms with E-state index in [2.05, 4.69) is 9.62 Å². The number of hydrogen-bond donors (Lipinski definition) is 1. The fourth-order valence-corrected chi connectivity index (χ4v) is 4.86. The van der Waals surface area contributed by atoms with Crippen LogP contribution in [0.1, 0.15) is 18.4 Å². The number of piperidine rings is 1. The number of aryl methyl sites for hydroxylation is 1. The summed E-state index contributed by atoms with van der Waals surface area (Å²) in [6.07, 6.45) is 2.38. The summed E-state index contributed by atoms with van der Waals surface area (Å²) in [7, 11) is -1.96. The molecule has 1 aliphatic heterocycles. The fourth-order valence-electron chi connectivity index (χ4n) is 3.80. The van der Waals surface area contributed by atoms with Gasteiger partial charge in [0, 0.05) is 31.6 Å². The van der Waals surface area contributed by atoms with Crippen LogP contribution in [0.15, 0.2) is 77.7 Å². The van der Waals surface area contributed by atoms with Gasteiger partial charge in [-0.1, -0.05) is 18.2 Å². The van der Waals surface area contributed by atoms with Crippen molar-refractivity contribution >= 4 is 21.4 Å². The maximum atomic E-state index is 12.8. The Morgan fingerprint density at radius 2 is 1.69 bits per heavy atom. The third-order valence-electron chi connectivity index (χ3n) is 5.65. The lowest BCUT2D eigenvalue weighted by atomic mass is 10.1. The maximum absolute atomic E-state index is 12.8. The van der Waals surface area contributed by atoms with Crippen LogP contribution in [0.2, 0.25) is 0 Å². The highest BCUT2D eigenvalue weighted by molar-refractivity contribution is 7.92. The van der Waals surface area contributed by atoms with Gasteiger partial charge in [-0.05, 0) is 79.9 Å². The number of hydrogen-bond acceptors (Lipinski definition) is 5. The molecule has 1 atom stereocenters. The SMILES string of the molecule is COC1CCCN(c2ccc(NS(=O)(=O)c3ccc(Oc4ccccc4C)cc3)cc2)C1. The van der Waals surface area contributed by atoms with Crippen molar-refractivity contribution in [2.45, 2.75) is 30.8 Å². The van der Waals surface area contributed by atoms with E-state index >= 15 is 0 Å². The minimum atomic E-state index is -3.70. The lowest BCUT2D eigenvalue weighted by Gasteiger charge is -2.33. The van der Waals surface area contributed by atoms with Crippen LogP contribution in [0, 0.1) is 6.92 Å². The van der Waals surface area contributed by atoms with Gasteiger partial charge in [0.25, 0.3) is 10.0 Å². The maximum Gasteiger partial charge on any atom is 0.261 e. The number of sulfonamides is 1. The van der Waals surface area contributed by atoms with E-state index in [-0.39, 0.29) is 11.0 Å². The molecule has 0 bridgehead atoms. The molecule has 168 valence electrons. The molecule has 0 aromatic heterocycles. The number of ether oxygens (including phenoxy) is 2. The zero-order valence-corrected chi connectivity index (χ0v) is 19.1. The van der Waals surface area contributed by atoms with Gasteiger partial charge in [-0.25, -0.2) is 8.42 Å². The Morgan fingerprint density at radius 1 is 0.969 bits per heavy atom. The van der Waals surface area contributed by atoms with Gasteiger partial charge in [-0.2, -0.15) is 0 Å². The zero-order valence-electron chi connectivity index (χ0n) is 18.3. The van der Waals surface area contributed by atoms with E-state index in [1.165, 1.54) is 0 Å². The van der Waals surface area contributed by atoms with Gasteiger partial charge in [0.2, 0.25) is 0 Å². The second kappa shape index (κ2) is 9.63. The molecule has 1 unspecified atom stereocenters. The standard InChI is InChI=1S/C25H28N2O4S/c1-19-6-3-4-8-25(19)31-22-13-15-24(16-14-22)32(28,29)26-20-9-11-21(12-10-20)27-17-5-7-23(18-27)30-2/h3-4,6,8-16,23,26H,5,7,17-18H2,1-2H3. The van der Waals surface area contributed by atoms with Gasteiger partial charge in [-0.15, -0.1) is 0 Å². The monoisotopic (exact) mass is 452 g/mol. The summed E-state index contributed by atoms with van der Waals surface area (Å²) >= 11 is 0. The van der Waals surface area contributed by atoms with E-state index < -0.39 is 10.0 Å². The number of anilines is 2. The summed E-state index contributed by atoms with van der Waals surface area (Å²) in [4.78, 5) is 2.45. The molecular weight excluding hydrogens is 424 g/mol. The van der Waals surface area contributed by atoms with Crippen LogP contribution >= 0.6 is 0 Å². The molecule has 1 fully saturated rings. The summed E-state index contributed by atoms with van der Waals surface area (Å²) in [5, 5.41) is 0. The van der Waals surface area contributed by atoms with E-state index in [4.69, 9.17) is 9.47 Å². The van der Waals surface area contributed by atoms with E-state index in [1.807, 2.05) is 43.3 Å². The van der Waals surface area contributed by atoms with Crippen molar-refractivity contribution in [3.63, 3.8) is 0 Å². The van der Waals surface area contributed by atoms with Crippen LogP contribution in [-0.4, -0.2) is 34.7 Å². The smallest absolute Gasteiger partial charge is 0.261 e. The van der Waals surface area contributed by atoms with Crippen molar-refractivity contribution in [3.05, 3.63) is 78.4 Å². The average molecular weight is 453 g/mol. The normalized spacial score (nSPS) is 16.6. The molecular formula is C25H28N2O4S. The molecule has 1 heterocycles. The van der Waals surface area contributed by atoms with Crippen molar-refractivity contribution < 1.29 is 17.9 Å². The van der Waals surface area contributed by atoms with Gasteiger partial charge < -0.3 is 14.4 Å². The summed E-state index contributed by atoms with van der Waals surface area (Å²) in [5.74, 6) is 1.32. The molecule has 1 N–H and O–H groups in total. The Balaban J connectivity index is 1.42. The van der Waals surface area contributed by atoms with E-state index in [0.717, 1.165) is 42.9 Å². The minimum Gasteiger partial charge on any atom is -0.457 e. The van der Waals surface area contributed by atoms with Crippen molar-refractivity contribution in [1.82, 2.24) is 0 Å². The second-order valence-electron chi connectivity index (χ2n) is 7.94. The Labute approximate surface area is 189 Å².